The molecule has 0 amide bonds. The first-order valence-electron chi connectivity index (χ1n) is 7.22. The fourth-order valence-corrected chi connectivity index (χ4v) is 2.43. The third kappa shape index (κ3) is 3.84. The van der Waals surface area contributed by atoms with E-state index in [-0.39, 0.29) is 6.10 Å². The minimum atomic E-state index is 0.204. The van der Waals surface area contributed by atoms with Crippen molar-refractivity contribution in [2.45, 2.75) is 32.3 Å². The van der Waals surface area contributed by atoms with Crippen LogP contribution >= 0.6 is 0 Å². The van der Waals surface area contributed by atoms with E-state index >= 15 is 0 Å². The molecule has 0 saturated carbocycles. The summed E-state index contributed by atoms with van der Waals surface area (Å²) in [5.74, 6) is 1.28. The van der Waals surface area contributed by atoms with Crippen molar-refractivity contribution >= 4 is 0 Å². The molecule has 2 nitrogen and oxygen atoms in total. The van der Waals surface area contributed by atoms with Crippen molar-refractivity contribution in [1.82, 2.24) is 0 Å². The molecule has 0 aliphatic heterocycles. The van der Waals surface area contributed by atoms with Crippen LogP contribution in [-0.2, 0) is 0 Å². The maximum Gasteiger partial charge on any atom is 0.119 e. The van der Waals surface area contributed by atoms with E-state index in [0.29, 0.717) is 12.5 Å². The molecule has 0 aromatic heterocycles. The molecule has 2 heteroatoms. The minimum absolute atomic E-state index is 0.204. The maximum atomic E-state index is 5.78. The van der Waals surface area contributed by atoms with E-state index in [1.807, 2.05) is 32.0 Å². The van der Waals surface area contributed by atoms with Crippen LogP contribution in [0.3, 0.4) is 0 Å². The Morgan fingerprint density at radius 2 is 1.50 bits per heavy atom. The zero-order chi connectivity index (χ0) is 14.4. The van der Waals surface area contributed by atoms with Crippen LogP contribution in [0, 0.1) is 0 Å². The van der Waals surface area contributed by atoms with Crippen LogP contribution in [-0.4, -0.2) is 12.6 Å². The second-order valence-electron chi connectivity index (χ2n) is 5.28. The molecule has 2 aromatic rings. The van der Waals surface area contributed by atoms with E-state index in [9.17, 15) is 0 Å². The van der Waals surface area contributed by atoms with Crippen molar-refractivity contribution in [3.8, 4) is 5.75 Å². The van der Waals surface area contributed by atoms with Gasteiger partial charge in [0.15, 0.2) is 0 Å². The van der Waals surface area contributed by atoms with Gasteiger partial charge < -0.3 is 10.5 Å². The lowest BCUT2D eigenvalue weighted by Crippen LogP contribution is -2.09. The van der Waals surface area contributed by atoms with Gasteiger partial charge in [-0.2, -0.15) is 0 Å². The molecule has 0 fully saturated rings. The maximum absolute atomic E-state index is 5.78. The Balaban J connectivity index is 2.21. The summed E-state index contributed by atoms with van der Waals surface area (Å²) < 4.78 is 5.69. The number of benzene rings is 2. The lowest BCUT2D eigenvalue weighted by molar-refractivity contribution is 0.242. The van der Waals surface area contributed by atoms with Gasteiger partial charge in [-0.15, -0.1) is 0 Å². The van der Waals surface area contributed by atoms with Gasteiger partial charge in [-0.3, -0.25) is 0 Å². The molecule has 20 heavy (non-hydrogen) atoms. The molecular weight excluding hydrogens is 246 g/mol. The Hall–Kier alpha value is -1.80. The molecule has 0 radical (unpaired) electrons. The monoisotopic (exact) mass is 269 g/mol. The summed E-state index contributed by atoms with van der Waals surface area (Å²) in [5.41, 5.74) is 8.38. The summed E-state index contributed by atoms with van der Waals surface area (Å²) >= 11 is 0. The first kappa shape index (κ1) is 14.6. The van der Waals surface area contributed by atoms with Gasteiger partial charge >= 0.3 is 0 Å². The summed E-state index contributed by atoms with van der Waals surface area (Å²) in [7, 11) is 0. The Bertz CT molecular complexity index is 505. The van der Waals surface area contributed by atoms with Crippen LogP contribution in [0.5, 0.6) is 5.75 Å². The van der Waals surface area contributed by atoms with Crippen molar-refractivity contribution in [2.24, 2.45) is 5.73 Å². The number of hydrogen-bond acceptors (Lipinski definition) is 2. The second kappa shape index (κ2) is 7.11. The zero-order valence-electron chi connectivity index (χ0n) is 12.3. The standard InChI is InChI=1S/C18H23NO/c1-14(2)20-17-10-8-16(9-11-17)18(12-13-19)15-6-4-3-5-7-15/h3-11,14,18H,12-13,19H2,1-2H3/t18-/m0/s1. The summed E-state index contributed by atoms with van der Waals surface area (Å²) in [6.07, 6.45) is 1.16. The molecular formula is C18H23NO. The van der Waals surface area contributed by atoms with E-state index in [1.165, 1.54) is 11.1 Å². The molecule has 0 heterocycles. The SMILES string of the molecule is CC(C)Oc1ccc([C@@H](CCN)c2ccccc2)cc1. The molecule has 1 atom stereocenters. The fourth-order valence-electron chi connectivity index (χ4n) is 2.43. The first-order chi connectivity index (χ1) is 9.70. The Kier molecular flexibility index (Phi) is 5.19. The largest absolute Gasteiger partial charge is 0.491 e. The predicted molar refractivity (Wildman–Crippen MR) is 84.2 cm³/mol. The van der Waals surface area contributed by atoms with Crippen LogP contribution in [0.4, 0.5) is 0 Å². The van der Waals surface area contributed by atoms with Crippen LogP contribution in [0.25, 0.3) is 0 Å². The highest BCUT2D eigenvalue weighted by Crippen LogP contribution is 2.28. The number of hydrogen-bond donors (Lipinski definition) is 1. The highest BCUT2D eigenvalue weighted by Gasteiger charge is 2.13. The van der Waals surface area contributed by atoms with E-state index in [2.05, 4.69) is 36.4 Å². The third-order valence-electron chi connectivity index (χ3n) is 3.31. The topological polar surface area (TPSA) is 35.2 Å². The quantitative estimate of drug-likeness (QED) is 0.861. The summed E-state index contributed by atoms with van der Waals surface area (Å²) in [5, 5.41) is 0. The smallest absolute Gasteiger partial charge is 0.119 e. The number of nitrogens with two attached hydrogens (primary N) is 1. The van der Waals surface area contributed by atoms with Gasteiger partial charge in [0.05, 0.1) is 6.10 Å². The lowest BCUT2D eigenvalue weighted by atomic mass is 9.88. The normalized spacial score (nSPS) is 12.4. The van der Waals surface area contributed by atoms with Gasteiger partial charge in [0.25, 0.3) is 0 Å². The molecule has 0 bridgehead atoms. The average Bonchev–Trinajstić information content (AvgIpc) is 2.46. The summed E-state index contributed by atoms with van der Waals surface area (Å²) in [6.45, 7) is 4.76. The molecule has 0 spiro atoms. The number of rotatable bonds is 6. The van der Waals surface area contributed by atoms with Gasteiger partial charge in [0.2, 0.25) is 0 Å². The van der Waals surface area contributed by atoms with Crippen molar-refractivity contribution in [3.63, 3.8) is 0 Å². The van der Waals surface area contributed by atoms with Crippen molar-refractivity contribution < 1.29 is 4.74 Å². The fraction of sp³-hybridized carbons (Fsp3) is 0.333. The molecule has 106 valence electrons. The van der Waals surface area contributed by atoms with E-state index in [0.717, 1.165) is 12.2 Å². The Morgan fingerprint density at radius 1 is 0.900 bits per heavy atom. The van der Waals surface area contributed by atoms with Gasteiger partial charge in [0.1, 0.15) is 5.75 Å². The molecule has 2 N–H and O–H groups in total. The average molecular weight is 269 g/mol. The van der Waals surface area contributed by atoms with Gasteiger partial charge in [0, 0.05) is 5.92 Å². The van der Waals surface area contributed by atoms with Gasteiger partial charge in [-0.25, -0.2) is 0 Å². The first-order valence-corrected chi connectivity index (χ1v) is 7.22. The summed E-state index contributed by atoms with van der Waals surface area (Å²) in [4.78, 5) is 0. The van der Waals surface area contributed by atoms with Crippen molar-refractivity contribution in [2.75, 3.05) is 6.54 Å². The van der Waals surface area contributed by atoms with Crippen LogP contribution in [0.15, 0.2) is 54.6 Å². The molecule has 0 saturated heterocycles. The number of ether oxygens (including phenoxy) is 1. The second-order valence-corrected chi connectivity index (χ2v) is 5.28. The van der Waals surface area contributed by atoms with Gasteiger partial charge in [-0.05, 0) is 50.1 Å². The lowest BCUT2D eigenvalue weighted by Gasteiger charge is -2.18. The predicted octanol–water partition coefficient (Wildman–Crippen LogP) is 3.95. The van der Waals surface area contributed by atoms with Crippen LogP contribution < -0.4 is 10.5 Å². The molecule has 0 aliphatic carbocycles. The van der Waals surface area contributed by atoms with Crippen molar-refractivity contribution in [1.29, 1.82) is 0 Å². The zero-order valence-corrected chi connectivity index (χ0v) is 12.3. The van der Waals surface area contributed by atoms with Crippen LogP contribution in [0.1, 0.15) is 37.3 Å². The van der Waals surface area contributed by atoms with E-state index < -0.39 is 0 Å². The van der Waals surface area contributed by atoms with Crippen molar-refractivity contribution in [3.05, 3.63) is 65.7 Å². The molecule has 0 aliphatic rings. The van der Waals surface area contributed by atoms with E-state index in [1.54, 1.807) is 0 Å². The van der Waals surface area contributed by atoms with E-state index in [4.69, 9.17) is 10.5 Å². The Morgan fingerprint density at radius 3 is 2.05 bits per heavy atom. The molecule has 2 rings (SSSR count). The molecule has 2 aromatic carbocycles. The molecule has 0 unspecified atom stereocenters. The third-order valence-corrected chi connectivity index (χ3v) is 3.31. The highest BCUT2D eigenvalue weighted by atomic mass is 16.5. The highest BCUT2D eigenvalue weighted by molar-refractivity contribution is 5.36. The Labute approximate surface area is 121 Å². The van der Waals surface area contributed by atoms with Crippen LogP contribution in [0.2, 0.25) is 0 Å². The van der Waals surface area contributed by atoms with Gasteiger partial charge in [-0.1, -0.05) is 42.5 Å². The summed E-state index contributed by atoms with van der Waals surface area (Å²) in [6, 6.07) is 18.9. The minimum Gasteiger partial charge on any atom is -0.491 e.